The second-order valence-electron chi connectivity index (χ2n) is 7.06. The summed E-state index contributed by atoms with van der Waals surface area (Å²) in [5.74, 6) is 2.41. The number of carbonyl (C=O) groups is 1. The number of carbonyl (C=O) groups excluding carboxylic acids is 1. The summed E-state index contributed by atoms with van der Waals surface area (Å²) in [5.41, 5.74) is 1.58. The van der Waals surface area contributed by atoms with Crippen LogP contribution in [0.25, 0.3) is 0 Å². The van der Waals surface area contributed by atoms with Crippen LogP contribution in [0.4, 0.5) is 0 Å². The Morgan fingerprint density at radius 1 is 1.03 bits per heavy atom. The van der Waals surface area contributed by atoms with Gasteiger partial charge in [0, 0.05) is 25.2 Å². The normalized spacial score (nSPS) is 16.7. The highest BCUT2D eigenvalue weighted by atomic mass is 16.7. The summed E-state index contributed by atoms with van der Waals surface area (Å²) in [4.78, 5) is 15.1. The second kappa shape index (κ2) is 9.23. The molecule has 0 aromatic heterocycles. The van der Waals surface area contributed by atoms with E-state index in [1.165, 1.54) is 0 Å². The van der Waals surface area contributed by atoms with E-state index < -0.39 is 0 Å². The molecule has 2 aromatic rings. The minimum Gasteiger partial charge on any atom is -0.493 e. The second-order valence-corrected chi connectivity index (χ2v) is 7.06. The molecule has 8 nitrogen and oxygen atoms in total. The standard InChI is InChI=1S/C22H26N2O6/c1-26-18-5-4-16(12-20(18)27-2)22(25)23-13-17(24-7-9-28-10-8-24)15-3-6-19-21(11-15)30-14-29-19/h3-6,11-12,17H,7-10,13-14H2,1-2H3,(H,23,25). The van der Waals surface area contributed by atoms with Crippen molar-refractivity contribution in [3.63, 3.8) is 0 Å². The molecule has 2 aliphatic rings. The molecule has 1 saturated heterocycles. The van der Waals surface area contributed by atoms with E-state index in [1.54, 1.807) is 32.4 Å². The number of nitrogens with zero attached hydrogens (tertiary/aromatic N) is 1. The van der Waals surface area contributed by atoms with Crippen molar-refractivity contribution in [1.29, 1.82) is 0 Å². The van der Waals surface area contributed by atoms with Crippen molar-refractivity contribution in [3.05, 3.63) is 47.5 Å². The number of methoxy groups -OCH3 is 2. The van der Waals surface area contributed by atoms with Crippen LogP contribution in [0.3, 0.4) is 0 Å². The van der Waals surface area contributed by atoms with Gasteiger partial charge in [0.2, 0.25) is 6.79 Å². The lowest BCUT2D eigenvalue weighted by atomic mass is 10.0. The Labute approximate surface area is 175 Å². The summed E-state index contributed by atoms with van der Waals surface area (Å²) in [6.45, 7) is 3.62. The quantitative estimate of drug-likeness (QED) is 0.744. The van der Waals surface area contributed by atoms with Crippen molar-refractivity contribution < 1.29 is 28.5 Å². The molecule has 1 amide bonds. The minimum atomic E-state index is -0.171. The molecule has 8 heteroatoms. The maximum absolute atomic E-state index is 12.8. The van der Waals surface area contributed by atoms with Crippen LogP contribution in [-0.2, 0) is 4.74 Å². The van der Waals surface area contributed by atoms with E-state index in [0.717, 1.165) is 30.2 Å². The Kier molecular flexibility index (Phi) is 6.25. The first kappa shape index (κ1) is 20.3. The molecule has 0 spiro atoms. The molecule has 0 saturated carbocycles. The third-order valence-electron chi connectivity index (χ3n) is 5.37. The van der Waals surface area contributed by atoms with Crippen LogP contribution in [0.5, 0.6) is 23.0 Å². The SMILES string of the molecule is COc1ccc(C(=O)NCC(c2ccc3c(c2)OCO3)N2CCOCC2)cc1OC. The molecule has 2 aliphatic heterocycles. The largest absolute Gasteiger partial charge is 0.493 e. The van der Waals surface area contributed by atoms with Gasteiger partial charge in [-0.15, -0.1) is 0 Å². The highest BCUT2D eigenvalue weighted by molar-refractivity contribution is 5.94. The van der Waals surface area contributed by atoms with Crippen molar-refractivity contribution in [2.24, 2.45) is 0 Å². The van der Waals surface area contributed by atoms with Gasteiger partial charge in [-0.3, -0.25) is 9.69 Å². The summed E-state index contributed by atoms with van der Waals surface area (Å²) in [7, 11) is 3.11. The molecule has 2 aromatic carbocycles. The Bertz CT molecular complexity index is 897. The fourth-order valence-electron chi connectivity index (χ4n) is 3.74. The Morgan fingerprint density at radius 3 is 2.57 bits per heavy atom. The maximum Gasteiger partial charge on any atom is 0.251 e. The van der Waals surface area contributed by atoms with Crippen LogP contribution in [0, 0.1) is 0 Å². The molecule has 1 atom stereocenters. The molecule has 1 N–H and O–H groups in total. The van der Waals surface area contributed by atoms with Gasteiger partial charge in [-0.1, -0.05) is 6.07 Å². The number of hydrogen-bond acceptors (Lipinski definition) is 7. The smallest absolute Gasteiger partial charge is 0.251 e. The fourth-order valence-corrected chi connectivity index (χ4v) is 3.74. The van der Waals surface area contributed by atoms with Gasteiger partial charge < -0.3 is 29.0 Å². The summed E-state index contributed by atoms with van der Waals surface area (Å²) in [6, 6.07) is 11.1. The van der Waals surface area contributed by atoms with Crippen LogP contribution >= 0.6 is 0 Å². The lowest BCUT2D eigenvalue weighted by Gasteiger charge is -2.35. The van der Waals surface area contributed by atoms with E-state index in [4.69, 9.17) is 23.7 Å². The van der Waals surface area contributed by atoms with Crippen molar-refractivity contribution in [1.82, 2.24) is 10.2 Å². The van der Waals surface area contributed by atoms with E-state index in [-0.39, 0.29) is 18.7 Å². The van der Waals surface area contributed by atoms with Crippen LogP contribution < -0.4 is 24.3 Å². The number of nitrogens with one attached hydrogen (secondary N) is 1. The van der Waals surface area contributed by atoms with E-state index in [2.05, 4.69) is 10.2 Å². The van der Waals surface area contributed by atoms with Gasteiger partial charge in [0.1, 0.15) is 0 Å². The molecule has 1 unspecified atom stereocenters. The van der Waals surface area contributed by atoms with E-state index in [0.29, 0.717) is 36.8 Å². The van der Waals surface area contributed by atoms with Gasteiger partial charge in [0.15, 0.2) is 23.0 Å². The summed E-state index contributed by atoms with van der Waals surface area (Å²) >= 11 is 0. The maximum atomic E-state index is 12.8. The van der Waals surface area contributed by atoms with Gasteiger partial charge in [0.25, 0.3) is 5.91 Å². The van der Waals surface area contributed by atoms with Crippen LogP contribution in [0.1, 0.15) is 22.0 Å². The highest BCUT2D eigenvalue weighted by Crippen LogP contribution is 2.35. The van der Waals surface area contributed by atoms with Crippen molar-refractivity contribution in [2.75, 3.05) is 53.9 Å². The Balaban J connectivity index is 1.51. The molecule has 0 bridgehead atoms. The van der Waals surface area contributed by atoms with Gasteiger partial charge in [-0.25, -0.2) is 0 Å². The highest BCUT2D eigenvalue weighted by Gasteiger charge is 2.25. The molecular weight excluding hydrogens is 388 g/mol. The number of amides is 1. The van der Waals surface area contributed by atoms with Gasteiger partial charge in [0.05, 0.1) is 33.5 Å². The zero-order chi connectivity index (χ0) is 20.9. The monoisotopic (exact) mass is 414 g/mol. The molecule has 4 rings (SSSR count). The predicted molar refractivity (Wildman–Crippen MR) is 110 cm³/mol. The average molecular weight is 414 g/mol. The van der Waals surface area contributed by atoms with Gasteiger partial charge in [-0.05, 0) is 35.9 Å². The first-order valence-electron chi connectivity index (χ1n) is 9.91. The van der Waals surface area contributed by atoms with Crippen molar-refractivity contribution >= 4 is 5.91 Å². The molecule has 1 fully saturated rings. The summed E-state index contributed by atoms with van der Waals surface area (Å²) in [5, 5.41) is 3.06. The minimum absolute atomic E-state index is 0.00695. The molecule has 30 heavy (non-hydrogen) atoms. The topological polar surface area (TPSA) is 78.5 Å². The van der Waals surface area contributed by atoms with Gasteiger partial charge in [-0.2, -0.15) is 0 Å². The number of fused-ring (bicyclic) bond motifs is 1. The Morgan fingerprint density at radius 2 is 1.80 bits per heavy atom. The fraction of sp³-hybridized carbons (Fsp3) is 0.409. The number of morpholine rings is 1. The number of hydrogen-bond donors (Lipinski definition) is 1. The van der Waals surface area contributed by atoms with E-state index in [9.17, 15) is 4.79 Å². The zero-order valence-corrected chi connectivity index (χ0v) is 17.2. The van der Waals surface area contributed by atoms with Crippen molar-refractivity contribution in [2.45, 2.75) is 6.04 Å². The molecule has 2 heterocycles. The van der Waals surface area contributed by atoms with E-state index in [1.807, 2.05) is 18.2 Å². The first-order valence-corrected chi connectivity index (χ1v) is 9.91. The molecule has 0 aliphatic carbocycles. The van der Waals surface area contributed by atoms with Crippen LogP contribution in [0.15, 0.2) is 36.4 Å². The molecule has 0 radical (unpaired) electrons. The first-order chi connectivity index (χ1) is 14.7. The van der Waals surface area contributed by atoms with Crippen molar-refractivity contribution in [3.8, 4) is 23.0 Å². The Hall–Kier alpha value is -2.97. The average Bonchev–Trinajstić information content (AvgIpc) is 3.27. The zero-order valence-electron chi connectivity index (χ0n) is 17.2. The van der Waals surface area contributed by atoms with Crippen LogP contribution in [-0.4, -0.2) is 64.7 Å². The third-order valence-corrected chi connectivity index (χ3v) is 5.37. The molecule has 160 valence electrons. The van der Waals surface area contributed by atoms with E-state index >= 15 is 0 Å². The lowest BCUT2D eigenvalue weighted by Crippen LogP contribution is -2.43. The summed E-state index contributed by atoms with van der Waals surface area (Å²) in [6.07, 6.45) is 0. The van der Waals surface area contributed by atoms with Gasteiger partial charge >= 0.3 is 0 Å². The number of rotatable bonds is 7. The summed E-state index contributed by atoms with van der Waals surface area (Å²) < 4.78 is 27.0. The lowest BCUT2D eigenvalue weighted by molar-refractivity contribution is 0.0162. The number of ether oxygens (including phenoxy) is 5. The molecular formula is C22H26N2O6. The van der Waals surface area contributed by atoms with Crippen LogP contribution in [0.2, 0.25) is 0 Å². The third kappa shape index (κ3) is 4.29. The predicted octanol–water partition coefficient (Wildman–Crippen LogP) is 2.24. The number of benzene rings is 2.